The van der Waals surface area contributed by atoms with Crippen LogP contribution in [0.4, 0.5) is 13.2 Å². The normalized spacial score (nSPS) is 28.7. The smallest absolute Gasteiger partial charge is 0.380 e. The van der Waals surface area contributed by atoms with Crippen LogP contribution in [0.5, 0.6) is 0 Å². The van der Waals surface area contributed by atoms with E-state index in [9.17, 15) is 21.6 Å². The van der Waals surface area contributed by atoms with E-state index < -0.39 is 15.6 Å². The zero-order valence-electron chi connectivity index (χ0n) is 8.99. The number of allylic oxidation sites excluding steroid dienone is 3. The molecule has 3 nitrogen and oxygen atoms in total. The van der Waals surface area contributed by atoms with Gasteiger partial charge in [-0.3, -0.25) is 0 Å². The average Bonchev–Trinajstić information content (AvgIpc) is 2.17. The van der Waals surface area contributed by atoms with Crippen molar-refractivity contribution in [1.29, 1.82) is 0 Å². The van der Waals surface area contributed by atoms with Crippen LogP contribution >= 0.6 is 0 Å². The van der Waals surface area contributed by atoms with Crippen molar-refractivity contribution in [1.82, 2.24) is 0 Å². The van der Waals surface area contributed by atoms with Gasteiger partial charge in [-0.2, -0.15) is 21.6 Å². The molecule has 0 aromatic heterocycles. The largest absolute Gasteiger partial charge is 0.534 e. The number of fused-ring (bicyclic) bond motifs is 1. The molecule has 0 aliphatic heterocycles. The Balaban J connectivity index is 2.21. The van der Waals surface area contributed by atoms with Crippen LogP contribution in [0.1, 0.15) is 19.8 Å². The first-order valence-corrected chi connectivity index (χ1v) is 6.52. The summed E-state index contributed by atoms with van der Waals surface area (Å²) in [6.07, 6.45) is 4.70. The molecule has 3 rings (SSSR count). The van der Waals surface area contributed by atoms with Crippen molar-refractivity contribution in [2.75, 3.05) is 0 Å². The first-order valence-electron chi connectivity index (χ1n) is 5.11. The summed E-state index contributed by atoms with van der Waals surface area (Å²) in [6.45, 7) is 1.88. The van der Waals surface area contributed by atoms with Crippen molar-refractivity contribution in [3.05, 3.63) is 23.5 Å². The van der Waals surface area contributed by atoms with Gasteiger partial charge in [-0.15, -0.1) is 0 Å². The highest BCUT2D eigenvalue weighted by atomic mass is 32.2. The molecule has 0 aromatic rings. The zero-order valence-corrected chi connectivity index (χ0v) is 9.81. The van der Waals surface area contributed by atoms with Gasteiger partial charge in [-0.1, -0.05) is 11.6 Å². The third-order valence-corrected chi connectivity index (χ3v) is 4.04. The molecule has 0 N–H and O–H groups in total. The van der Waals surface area contributed by atoms with Gasteiger partial charge in [0.15, 0.2) is 0 Å². The maximum absolute atomic E-state index is 12.2. The lowest BCUT2D eigenvalue weighted by Gasteiger charge is -2.32. The number of hydrogen-bond donors (Lipinski definition) is 0. The number of alkyl halides is 3. The summed E-state index contributed by atoms with van der Waals surface area (Å²) in [7, 11) is -5.53. The summed E-state index contributed by atoms with van der Waals surface area (Å²) in [6, 6.07) is 0. The van der Waals surface area contributed by atoms with E-state index in [1.54, 1.807) is 6.08 Å². The van der Waals surface area contributed by atoms with Gasteiger partial charge in [-0.25, -0.2) is 0 Å². The third kappa shape index (κ3) is 2.20. The topological polar surface area (TPSA) is 43.4 Å². The van der Waals surface area contributed by atoms with E-state index in [0.29, 0.717) is 6.42 Å². The van der Waals surface area contributed by atoms with Gasteiger partial charge in [0.1, 0.15) is 5.76 Å². The highest BCUT2D eigenvalue weighted by Gasteiger charge is 2.49. The molecule has 7 heteroatoms. The summed E-state index contributed by atoms with van der Waals surface area (Å²) in [4.78, 5) is 0. The Morgan fingerprint density at radius 2 is 1.82 bits per heavy atom. The third-order valence-electron chi connectivity index (χ3n) is 3.06. The molecule has 3 aliphatic carbocycles. The standard InChI is InChI=1S/C10H11F3O3S/c1-6-4-8-3-2-7(6)5-9(8)16-17(14,15)10(11,12)13/h4-5,7-8H,2-3H2,1H3. The van der Waals surface area contributed by atoms with E-state index >= 15 is 0 Å². The molecule has 0 heterocycles. The quantitative estimate of drug-likeness (QED) is 0.439. The summed E-state index contributed by atoms with van der Waals surface area (Å²) in [5.41, 5.74) is -4.32. The lowest BCUT2D eigenvalue weighted by molar-refractivity contribution is -0.0527. The van der Waals surface area contributed by atoms with Gasteiger partial charge < -0.3 is 4.18 Å². The van der Waals surface area contributed by atoms with Crippen molar-refractivity contribution in [3.63, 3.8) is 0 Å². The summed E-state index contributed by atoms with van der Waals surface area (Å²) in [5.74, 6) is -0.445. The molecule has 2 atom stereocenters. The maximum Gasteiger partial charge on any atom is 0.534 e. The molecule has 2 unspecified atom stereocenters. The van der Waals surface area contributed by atoms with Crippen molar-refractivity contribution in [2.45, 2.75) is 25.3 Å². The molecular weight excluding hydrogens is 257 g/mol. The second kappa shape index (κ2) is 3.76. The fourth-order valence-electron chi connectivity index (χ4n) is 2.14. The predicted octanol–water partition coefficient (Wildman–Crippen LogP) is 2.72. The molecule has 0 radical (unpaired) electrons. The molecule has 2 bridgehead atoms. The van der Waals surface area contributed by atoms with Crippen molar-refractivity contribution < 1.29 is 25.8 Å². The molecule has 17 heavy (non-hydrogen) atoms. The average molecular weight is 268 g/mol. The van der Waals surface area contributed by atoms with Crippen molar-refractivity contribution in [2.24, 2.45) is 11.8 Å². The molecule has 0 amide bonds. The molecule has 0 spiro atoms. The van der Waals surface area contributed by atoms with Gasteiger partial charge in [0.25, 0.3) is 0 Å². The SMILES string of the molecule is CC1=CC2CCC1C=C2OS(=O)(=O)C(F)(F)F. The van der Waals surface area contributed by atoms with Gasteiger partial charge in [0.2, 0.25) is 0 Å². The Hall–Kier alpha value is -0.980. The molecule has 96 valence electrons. The second-order valence-electron chi connectivity index (χ2n) is 4.25. The minimum absolute atomic E-state index is 0.00145. The van der Waals surface area contributed by atoms with E-state index in [1.807, 2.05) is 6.92 Å². The molecule has 0 saturated carbocycles. The van der Waals surface area contributed by atoms with Gasteiger partial charge in [0, 0.05) is 11.8 Å². The van der Waals surface area contributed by atoms with E-state index in [0.717, 1.165) is 12.0 Å². The van der Waals surface area contributed by atoms with E-state index in [4.69, 9.17) is 0 Å². The van der Waals surface area contributed by atoms with Crippen LogP contribution in [0.25, 0.3) is 0 Å². The molecule has 0 saturated heterocycles. The highest BCUT2D eigenvalue weighted by molar-refractivity contribution is 7.87. The second-order valence-corrected chi connectivity index (χ2v) is 5.79. The molecule has 3 aliphatic rings. The van der Waals surface area contributed by atoms with Gasteiger partial charge >= 0.3 is 15.6 Å². The highest BCUT2D eigenvalue weighted by Crippen LogP contribution is 2.41. The van der Waals surface area contributed by atoms with Crippen LogP contribution in [0.3, 0.4) is 0 Å². The fourth-order valence-corrected chi connectivity index (χ4v) is 2.66. The molecular formula is C10H11F3O3S. The fraction of sp³-hybridized carbons (Fsp3) is 0.600. The molecule has 0 fully saturated rings. The van der Waals surface area contributed by atoms with Gasteiger partial charge in [-0.05, 0) is 25.8 Å². The van der Waals surface area contributed by atoms with Crippen molar-refractivity contribution in [3.8, 4) is 0 Å². The first kappa shape index (κ1) is 12.5. The van der Waals surface area contributed by atoms with Crippen LogP contribution in [0.2, 0.25) is 0 Å². The van der Waals surface area contributed by atoms with Crippen molar-refractivity contribution >= 4 is 10.1 Å². The summed E-state index contributed by atoms with van der Waals surface area (Å²) < 4.78 is 62.4. The van der Waals surface area contributed by atoms with Crippen LogP contribution in [0, 0.1) is 11.8 Å². The van der Waals surface area contributed by atoms with E-state index in [2.05, 4.69) is 4.18 Å². The summed E-state index contributed by atoms with van der Waals surface area (Å²) >= 11 is 0. The predicted molar refractivity (Wildman–Crippen MR) is 54.1 cm³/mol. The lowest BCUT2D eigenvalue weighted by Crippen LogP contribution is -2.29. The Labute approximate surface area is 97.1 Å². The Bertz CT molecular complexity index is 487. The number of rotatable bonds is 2. The monoisotopic (exact) mass is 268 g/mol. The Morgan fingerprint density at radius 3 is 2.24 bits per heavy atom. The van der Waals surface area contributed by atoms with Crippen LogP contribution < -0.4 is 0 Å². The van der Waals surface area contributed by atoms with Crippen LogP contribution in [-0.2, 0) is 14.3 Å². The number of hydrogen-bond acceptors (Lipinski definition) is 3. The molecule has 0 aromatic carbocycles. The van der Waals surface area contributed by atoms with Crippen LogP contribution in [0.15, 0.2) is 23.5 Å². The lowest BCUT2D eigenvalue weighted by atomic mass is 9.76. The Morgan fingerprint density at radius 1 is 1.24 bits per heavy atom. The van der Waals surface area contributed by atoms with Gasteiger partial charge in [0.05, 0.1) is 0 Å². The van der Waals surface area contributed by atoms with E-state index in [1.165, 1.54) is 6.08 Å². The summed E-state index contributed by atoms with van der Waals surface area (Å²) in [5, 5.41) is 0. The first-order chi connectivity index (χ1) is 7.71. The maximum atomic E-state index is 12.2. The van der Waals surface area contributed by atoms with E-state index in [-0.39, 0.29) is 17.6 Å². The van der Waals surface area contributed by atoms with Crippen LogP contribution in [-0.4, -0.2) is 13.9 Å². The Kier molecular flexibility index (Phi) is 2.76. The number of halogens is 3. The zero-order chi connectivity index (χ0) is 12.8. The minimum Gasteiger partial charge on any atom is -0.380 e. The minimum atomic E-state index is -5.53.